The van der Waals surface area contributed by atoms with Crippen LogP contribution in [0.25, 0.3) is 0 Å². The topological polar surface area (TPSA) is 49.3 Å². The maximum atomic E-state index is 11.5. The quantitative estimate of drug-likeness (QED) is 0.857. The van der Waals surface area contributed by atoms with E-state index in [1.807, 2.05) is 12.1 Å². The van der Waals surface area contributed by atoms with Crippen LogP contribution in [0.2, 0.25) is 0 Å². The second-order valence-corrected chi connectivity index (χ2v) is 6.56. The molecule has 2 atom stereocenters. The van der Waals surface area contributed by atoms with Crippen molar-refractivity contribution >= 4 is 11.6 Å². The zero-order valence-corrected chi connectivity index (χ0v) is 11.6. The van der Waals surface area contributed by atoms with E-state index in [0.29, 0.717) is 12.3 Å². The van der Waals surface area contributed by atoms with Gasteiger partial charge in [-0.15, -0.1) is 0 Å². The molecule has 1 aliphatic carbocycles. The van der Waals surface area contributed by atoms with Gasteiger partial charge in [0.05, 0.1) is 6.10 Å². The van der Waals surface area contributed by atoms with E-state index in [-0.39, 0.29) is 17.4 Å². The summed E-state index contributed by atoms with van der Waals surface area (Å²) in [6.07, 6.45) is 3.08. The summed E-state index contributed by atoms with van der Waals surface area (Å²) < 4.78 is 0. The summed E-state index contributed by atoms with van der Waals surface area (Å²) in [6, 6.07) is 5.95. The summed E-state index contributed by atoms with van der Waals surface area (Å²) in [5.41, 5.74) is 3.32. The molecule has 2 unspecified atom stereocenters. The normalized spacial score (nSPS) is 26.1. The summed E-state index contributed by atoms with van der Waals surface area (Å²) in [6.45, 7) is 4.40. The smallest absolute Gasteiger partial charge is 0.224 e. The first-order valence-electron chi connectivity index (χ1n) is 7.08. The standard InChI is InChI=1S/C16H21NO2/c1-16(2)9-12(16)15(19)11-6-7-13-10(8-11)4-3-5-14(18)17-13/h6-8,12,15,19H,3-5,9H2,1-2H3,(H,17,18). The zero-order chi connectivity index (χ0) is 13.6. The van der Waals surface area contributed by atoms with Crippen LogP contribution in [0.1, 0.15) is 50.3 Å². The molecule has 3 rings (SSSR count). The molecule has 1 amide bonds. The number of aryl methyl sites for hydroxylation is 1. The number of aliphatic hydroxyl groups is 1. The lowest BCUT2D eigenvalue weighted by atomic mass is 9.96. The fourth-order valence-corrected chi connectivity index (χ4v) is 3.06. The van der Waals surface area contributed by atoms with Crippen molar-refractivity contribution in [3.63, 3.8) is 0 Å². The lowest BCUT2D eigenvalue weighted by molar-refractivity contribution is -0.116. The third-order valence-corrected chi connectivity index (χ3v) is 4.57. The molecule has 0 aromatic heterocycles. The van der Waals surface area contributed by atoms with E-state index in [9.17, 15) is 9.90 Å². The van der Waals surface area contributed by atoms with Gasteiger partial charge in [0.15, 0.2) is 0 Å². The summed E-state index contributed by atoms with van der Waals surface area (Å²) in [5.74, 6) is 0.460. The monoisotopic (exact) mass is 259 g/mol. The number of aliphatic hydroxyl groups excluding tert-OH is 1. The van der Waals surface area contributed by atoms with E-state index in [2.05, 4.69) is 25.2 Å². The van der Waals surface area contributed by atoms with Crippen molar-refractivity contribution in [1.29, 1.82) is 0 Å². The fraction of sp³-hybridized carbons (Fsp3) is 0.562. The van der Waals surface area contributed by atoms with Gasteiger partial charge < -0.3 is 10.4 Å². The molecule has 19 heavy (non-hydrogen) atoms. The molecule has 0 spiro atoms. The van der Waals surface area contributed by atoms with Crippen molar-refractivity contribution in [3.05, 3.63) is 29.3 Å². The summed E-state index contributed by atoms with van der Waals surface area (Å²) in [4.78, 5) is 11.5. The Kier molecular flexibility index (Phi) is 2.90. The van der Waals surface area contributed by atoms with Gasteiger partial charge in [-0.3, -0.25) is 4.79 Å². The number of benzene rings is 1. The minimum Gasteiger partial charge on any atom is -0.388 e. The first kappa shape index (κ1) is 12.7. The molecule has 3 nitrogen and oxygen atoms in total. The molecule has 2 N–H and O–H groups in total. The molecule has 1 aromatic rings. The molecule has 1 fully saturated rings. The van der Waals surface area contributed by atoms with Crippen molar-refractivity contribution < 1.29 is 9.90 Å². The van der Waals surface area contributed by atoms with Crippen LogP contribution in [-0.4, -0.2) is 11.0 Å². The predicted molar refractivity (Wildman–Crippen MR) is 74.9 cm³/mol. The maximum absolute atomic E-state index is 11.5. The number of amides is 1. The maximum Gasteiger partial charge on any atom is 0.224 e. The van der Waals surface area contributed by atoms with E-state index in [1.54, 1.807) is 0 Å². The Morgan fingerprint density at radius 3 is 2.79 bits per heavy atom. The van der Waals surface area contributed by atoms with Gasteiger partial charge in [0.2, 0.25) is 5.91 Å². The van der Waals surface area contributed by atoms with Gasteiger partial charge in [0.25, 0.3) is 0 Å². The average Bonchev–Trinajstić information content (AvgIpc) is 3.03. The highest BCUT2D eigenvalue weighted by Gasteiger charge is 2.50. The Morgan fingerprint density at radius 2 is 2.11 bits per heavy atom. The first-order valence-corrected chi connectivity index (χ1v) is 7.08. The minimum absolute atomic E-state index is 0.0929. The van der Waals surface area contributed by atoms with E-state index in [4.69, 9.17) is 0 Å². The largest absolute Gasteiger partial charge is 0.388 e. The molecule has 1 aromatic carbocycles. The van der Waals surface area contributed by atoms with Crippen molar-refractivity contribution in [2.24, 2.45) is 11.3 Å². The van der Waals surface area contributed by atoms with Crippen LogP contribution in [0.15, 0.2) is 18.2 Å². The molecular formula is C16H21NO2. The molecule has 0 bridgehead atoms. The minimum atomic E-state index is -0.376. The van der Waals surface area contributed by atoms with Gasteiger partial charge in [-0.25, -0.2) is 0 Å². The van der Waals surface area contributed by atoms with Crippen molar-refractivity contribution in [2.75, 3.05) is 5.32 Å². The second-order valence-electron chi connectivity index (χ2n) is 6.56. The molecule has 1 saturated carbocycles. The van der Waals surface area contributed by atoms with Crippen LogP contribution in [0.4, 0.5) is 5.69 Å². The van der Waals surface area contributed by atoms with E-state index < -0.39 is 0 Å². The van der Waals surface area contributed by atoms with Gasteiger partial charge in [0.1, 0.15) is 0 Å². The van der Waals surface area contributed by atoms with Crippen LogP contribution in [0.3, 0.4) is 0 Å². The number of carbonyl (C=O) groups excluding carboxylic acids is 1. The number of rotatable bonds is 2. The number of fused-ring (bicyclic) bond motifs is 1. The Balaban J connectivity index is 1.85. The van der Waals surface area contributed by atoms with Gasteiger partial charge in [-0.1, -0.05) is 26.0 Å². The predicted octanol–water partition coefficient (Wildman–Crippen LogP) is 3.04. The Morgan fingerprint density at radius 1 is 1.37 bits per heavy atom. The van der Waals surface area contributed by atoms with Crippen molar-refractivity contribution in [3.8, 4) is 0 Å². The number of hydrogen-bond donors (Lipinski definition) is 2. The molecule has 3 heteroatoms. The fourth-order valence-electron chi connectivity index (χ4n) is 3.06. The Hall–Kier alpha value is -1.35. The molecule has 102 valence electrons. The first-order chi connectivity index (χ1) is 8.97. The van der Waals surface area contributed by atoms with Gasteiger partial charge in [0, 0.05) is 12.1 Å². The lowest BCUT2D eigenvalue weighted by Crippen LogP contribution is -2.10. The Labute approximate surface area is 114 Å². The average molecular weight is 259 g/mol. The van der Waals surface area contributed by atoms with Crippen LogP contribution in [0, 0.1) is 11.3 Å². The number of hydrogen-bond acceptors (Lipinski definition) is 2. The molecule has 2 aliphatic rings. The summed E-state index contributed by atoms with van der Waals surface area (Å²) >= 11 is 0. The summed E-state index contributed by atoms with van der Waals surface area (Å²) in [5, 5.41) is 13.4. The van der Waals surface area contributed by atoms with Crippen molar-refractivity contribution in [1.82, 2.24) is 0 Å². The highest BCUT2D eigenvalue weighted by molar-refractivity contribution is 5.92. The number of anilines is 1. The highest BCUT2D eigenvalue weighted by Crippen LogP contribution is 2.57. The highest BCUT2D eigenvalue weighted by atomic mass is 16.3. The van der Waals surface area contributed by atoms with Gasteiger partial charge in [-0.05, 0) is 47.8 Å². The van der Waals surface area contributed by atoms with Crippen molar-refractivity contribution in [2.45, 2.75) is 45.6 Å². The van der Waals surface area contributed by atoms with Gasteiger partial charge in [-0.2, -0.15) is 0 Å². The third kappa shape index (κ3) is 2.39. The third-order valence-electron chi connectivity index (χ3n) is 4.57. The Bertz CT molecular complexity index is 521. The van der Waals surface area contributed by atoms with E-state index in [1.165, 1.54) is 0 Å². The molecule has 1 aliphatic heterocycles. The lowest BCUT2D eigenvalue weighted by Gasteiger charge is -2.15. The van der Waals surface area contributed by atoms with Crippen LogP contribution in [0.5, 0.6) is 0 Å². The van der Waals surface area contributed by atoms with Crippen LogP contribution >= 0.6 is 0 Å². The van der Waals surface area contributed by atoms with Crippen LogP contribution < -0.4 is 5.32 Å². The number of nitrogens with one attached hydrogen (secondary N) is 1. The summed E-state index contributed by atoms with van der Waals surface area (Å²) in [7, 11) is 0. The molecular weight excluding hydrogens is 238 g/mol. The SMILES string of the molecule is CC1(C)CC1C(O)c1ccc2c(c1)CCCC(=O)N2. The molecule has 1 heterocycles. The van der Waals surface area contributed by atoms with E-state index in [0.717, 1.165) is 36.1 Å². The second kappa shape index (κ2) is 4.34. The van der Waals surface area contributed by atoms with E-state index >= 15 is 0 Å². The number of carbonyl (C=O) groups is 1. The molecule has 0 saturated heterocycles. The van der Waals surface area contributed by atoms with Gasteiger partial charge >= 0.3 is 0 Å². The molecule has 0 radical (unpaired) electrons. The van der Waals surface area contributed by atoms with Crippen LogP contribution in [-0.2, 0) is 11.2 Å². The zero-order valence-electron chi connectivity index (χ0n) is 11.6.